The van der Waals surface area contributed by atoms with Gasteiger partial charge in [0, 0.05) is 6.54 Å². The number of rotatable bonds is 6. The van der Waals surface area contributed by atoms with E-state index in [2.05, 4.69) is 29.7 Å². The van der Waals surface area contributed by atoms with Crippen molar-refractivity contribution in [3.63, 3.8) is 0 Å². The lowest BCUT2D eigenvalue weighted by Crippen LogP contribution is -2.20. The van der Waals surface area contributed by atoms with Crippen LogP contribution in [0.25, 0.3) is 0 Å². The Balaban J connectivity index is 1.61. The van der Waals surface area contributed by atoms with Crippen LogP contribution in [0, 0.1) is 0 Å². The Hall–Kier alpha value is -1.80. The molecular formula is C15H17NO. The Morgan fingerprint density at radius 2 is 1.47 bits per heavy atom. The monoisotopic (exact) mass is 227 g/mol. The van der Waals surface area contributed by atoms with Crippen LogP contribution >= 0.6 is 0 Å². The molecule has 0 aromatic heterocycles. The Labute approximate surface area is 102 Å². The molecule has 0 atom stereocenters. The first-order chi connectivity index (χ1) is 8.45. The lowest BCUT2D eigenvalue weighted by Gasteiger charge is -2.06. The van der Waals surface area contributed by atoms with Gasteiger partial charge in [-0.2, -0.15) is 5.48 Å². The molecule has 0 saturated carbocycles. The normalized spacial score (nSPS) is 10.1. The van der Waals surface area contributed by atoms with Gasteiger partial charge in [0.2, 0.25) is 0 Å². The van der Waals surface area contributed by atoms with E-state index in [0.29, 0.717) is 0 Å². The Kier molecular flexibility index (Phi) is 4.61. The number of benzene rings is 2. The molecule has 0 aliphatic heterocycles. The first-order valence-electron chi connectivity index (χ1n) is 5.94. The summed E-state index contributed by atoms with van der Waals surface area (Å²) in [7, 11) is 0. The zero-order chi connectivity index (χ0) is 11.8. The predicted octanol–water partition coefficient (Wildman–Crippen LogP) is 3.20. The van der Waals surface area contributed by atoms with E-state index < -0.39 is 0 Å². The van der Waals surface area contributed by atoms with Crippen LogP contribution < -0.4 is 10.3 Å². The fourth-order valence-corrected chi connectivity index (χ4v) is 1.63. The number of aryl methyl sites for hydroxylation is 1. The van der Waals surface area contributed by atoms with Crippen LogP contribution in [-0.2, 0) is 6.42 Å². The quantitative estimate of drug-likeness (QED) is 0.604. The first-order valence-corrected chi connectivity index (χ1v) is 5.94. The third-order valence-corrected chi connectivity index (χ3v) is 2.52. The van der Waals surface area contributed by atoms with Crippen molar-refractivity contribution >= 4 is 0 Å². The van der Waals surface area contributed by atoms with E-state index in [0.717, 1.165) is 25.1 Å². The van der Waals surface area contributed by atoms with E-state index in [1.54, 1.807) is 0 Å². The molecule has 0 heterocycles. The van der Waals surface area contributed by atoms with Gasteiger partial charge in [-0.3, -0.25) is 0 Å². The molecule has 0 radical (unpaired) electrons. The predicted molar refractivity (Wildman–Crippen MR) is 69.8 cm³/mol. The highest BCUT2D eigenvalue weighted by Gasteiger charge is 1.93. The lowest BCUT2D eigenvalue weighted by atomic mass is 10.1. The fourth-order valence-electron chi connectivity index (χ4n) is 1.63. The van der Waals surface area contributed by atoms with Crippen LogP contribution in [0.4, 0.5) is 0 Å². The third-order valence-electron chi connectivity index (χ3n) is 2.52. The van der Waals surface area contributed by atoms with E-state index >= 15 is 0 Å². The summed E-state index contributed by atoms with van der Waals surface area (Å²) in [6, 6.07) is 20.3. The molecule has 0 amide bonds. The van der Waals surface area contributed by atoms with E-state index in [9.17, 15) is 0 Å². The molecular weight excluding hydrogens is 210 g/mol. The smallest absolute Gasteiger partial charge is 0.147 e. The van der Waals surface area contributed by atoms with Crippen molar-refractivity contribution in [2.75, 3.05) is 6.54 Å². The topological polar surface area (TPSA) is 21.3 Å². The van der Waals surface area contributed by atoms with Crippen molar-refractivity contribution < 1.29 is 4.84 Å². The van der Waals surface area contributed by atoms with Crippen molar-refractivity contribution in [1.82, 2.24) is 5.48 Å². The lowest BCUT2D eigenvalue weighted by molar-refractivity contribution is 0.194. The Morgan fingerprint density at radius 3 is 2.18 bits per heavy atom. The molecule has 88 valence electrons. The number of hydrogen-bond acceptors (Lipinski definition) is 2. The number of hydrogen-bond donors (Lipinski definition) is 1. The van der Waals surface area contributed by atoms with E-state index in [1.807, 2.05) is 36.4 Å². The minimum absolute atomic E-state index is 0.851. The summed E-state index contributed by atoms with van der Waals surface area (Å²) in [5.41, 5.74) is 4.34. The molecule has 0 aliphatic carbocycles. The summed E-state index contributed by atoms with van der Waals surface area (Å²) in [6.07, 6.45) is 2.14. The summed E-state index contributed by atoms with van der Waals surface area (Å²) in [5.74, 6) is 0.854. The van der Waals surface area contributed by atoms with Gasteiger partial charge in [-0.05, 0) is 30.5 Å². The standard InChI is InChI=1S/C15H17NO/c1-3-8-14(9-4-1)10-7-13-16-17-15-11-5-2-6-12-15/h1-6,8-9,11-12,16H,7,10,13H2. The molecule has 17 heavy (non-hydrogen) atoms. The summed E-state index contributed by atoms with van der Waals surface area (Å²) < 4.78 is 0. The summed E-state index contributed by atoms with van der Waals surface area (Å²) in [5, 5.41) is 0. The van der Waals surface area contributed by atoms with Gasteiger partial charge in [0.05, 0.1) is 0 Å². The van der Waals surface area contributed by atoms with Crippen molar-refractivity contribution in [3.05, 3.63) is 66.2 Å². The molecule has 0 aliphatic rings. The maximum absolute atomic E-state index is 5.39. The van der Waals surface area contributed by atoms with Gasteiger partial charge in [-0.15, -0.1) is 0 Å². The van der Waals surface area contributed by atoms with E-state index in [1.165, 1.54) is 5.56 Å². The van der Waals surface area contributed by atoms with E-state index in [-0.39, 0.29) is 0 Å². The third kappa shape index (κ3) is 4.29. The fraction of sp³-hybridized carbons (Fsp3) is 0.200. The van der Waals surface area contributed by atoms with E-state index in [4.69, 9.17) is 4.84 Å². The minimum Gasteiger partial charge on any atom is -0.409 e. The SMILES string of the molecule is c1ccc(CCCNOc2ccccc2)cc1. The molecule has 0 saturated heterocycles. The highest BCUT2D eigenvalue weighted by molar-refractivity contribution is 5.20. The molecule has 0 unspecified atom stereocenters. The average molecular weight is 227 g/mol. The number of hydroxylamine groups is 1. The maximum atomic E-state index is 5.39. The van der Waals surface area contributed by atoms with Crippen molar-refractivity contribution in [3.8, 4) is 5.75 Å². The van der Waals surface area contributed by atoms with Crippen LogP contribution in [0.3, 0.4) is 0 Å². The van der Waals surface area contributed by atoms with Crippen molar-refractivity contribution in [2.45, 2.75) is 12.8 Å². The van der Waals surface area contributed by atoms with Gasteiger partial charge in [0.25, 0.3) is 0 Å². The molecule has 2 aromatic rings. The number of para-hydroxylation sites is 1. The highest BCUT2D eigenvalue weighted by Crippen LogP contribution is 2.06. The van der Waals surface area contributed by atoms with Gasteiger partial charge >= 0.3 is 0 Å². The van der Waals surface area contributed by atoms with Crippen molar-refractivity contribution in [2.24, 2.45) is 0 Å². The van der Waals surface area contributed by atoms with Gasteiger partial charge in [0.1, 0.15) is 5.75 Å². The zero-order valence-electron chi connectivity index (χ0n) is 9.80. The summed E-state index contributed by atoms with van der Waals surface area (Å²) >= 11 is 0. The molecule has 0 spiro atoms. The van der Waals surface area contributed by atoms with Gasteiger partial charge < -0.3 is 4.84 Å². The summed E-state index contributed by atoms with van der Waals surface area (Å²) in [6.45, 7) is 0.851. The van der Waals surface area contributed by atoms with Crippen LogP contribution in [0.15, 0.2) is 60.7 Å². The molecule has 0 fully saturated rings. The van der Waals surface area contributed by atoms with Crippen LogP contribution in [0.2, 0.25) is 0 Å². The van der Waals surface area contributed by atoms with Crippen molar-refractivity contribution in [1.29, 1.82) is 0 Å². The van der Waals surface area contributed by atoms with Crippen LogP contribution in [-0.4, -0.2) is 6.54 Å². The second-order valence-corrected chi connectivity index (χ2v) is 3.90. The maximum Gasteiger partial charge on any atom is 0.147 e. The second kappa shape index (κ2) is 6.71. The second-order valence-electron chi connectivity index (χ2n) is 3.90. The molecule has 0 bridgehead atoms. The number of nitrogens with one attached hydrogen (secondary N) is 1. The minimum atomic E-state index is 0.851. The molecule has 2 aromatic carbocycles. The van der Waals surface area contributed by atoms with Crippen LogP contribution in [0.5, 0.6) is 5.75 Å². The van der Waals surface area contributed by atoms with Crippen LogP contribution in [0.1, 0.15) is 12.0 Å². The largest absolute Gasteiger partial charge is 0.409 e. The Bertz CT molecular complexity index is 372. The molecule has 1 N–H and O–H groups in total. The molecule has 2 nitrogen and oxygen atoms in total. The molecule has 2 heteroatoms. The van der Waals surface area contributed by atoms with Gasteiger partial charge in [0.15, 0.2) is 0 Å². The zero-order valence-corrected chi connectivity index (χ0v) is 9.80. The highest BCUT2D eigenvalue weighted by atomic mass is 16.6. The van der Waals surface area contributed by atoms with Gasteiger partial charge in [-0.25, -0.2) is 0 Å². The molecule has 2 rings (SSSR count). The van der Waals surface area contributed by atoms with Gasteiger partial charge in [-0.1, -0.05) is 48.5 Å². The average Bonchev–Trinajstić information content (AvgIpc) is 2.41. The Morgan fingerprint density at radius 1 is 0.824 bits per heavy atom. The first kappa shape index (κ1) is 11.7. The summed E-state index contributed by atoms with van der Waals surface area (Å²) in [4.78, 5) is 5.39.